The SMILES string of the molecule is CC(C)[C@@H]1OCC[C@H]1CNC(=O)CC[C@H]1CCCO1. The van der Waals surface area contributed by atoms with Crippen molar-refractivity contribution in [2.45, 2.75) is 58.2 Å². The summed E-state index contributed by atoms with van der Waals surface area (Å²) in [7, 11) is 0. The Morgan fingerprint density at radius 3 is 2.79 bits per heavy atom. The summed E-state index contributed by atoms with van der Waals surface area (Å²) in [5.41, 5.74) is 0. The van der Waals surface area contributed by atoms with Crippen molar-refractivity contribution in [3.05, 3.63) is 0 Å². The lowest BCUT2D eigenvalue weighted by molar-refractivity contribution is -0.122. The fourth-order valence-electron chi connectivity index (χ4n) is 3.11. The van der Waals surface area contributed by atoms with E-state index in [-0.39, 0.29) is 5.91 Å². The molecule has 0 bridgehead atoms. The van der Waals surface area contributed by atoms with Gasteiger partial charge in [0.25, 0.3) is 0 Å². The number of ether oxygens (including phenoxy) is 2. The molecule has 0 saturated carbocycles. The van der Waals surface area contributed by atoms with Crippen LogP contribution in [0.15, 0.2) is 0 Å². The monoisotopic (exact) mass is 269 g/mol. The molecule has 19 heavy (non-hydrogen) atoms. The minimum atomic E-state index is 0.157. The van der Waals surface area contributed by atoms with Crippen molar-refractivity contribution in [1.82, 2.24) is 5.32 Å². The molecule has 1 N–H and O–H groups in total. The molecule has 4 heteroatoms. The summed E-state index contributed by atoms with van der Waals surface area (Å²) < 4.78 is 11.3. The molecule has 2 aliphatic heterocycles. The minimum Gasteiger partial charge on any atom is -0.378 e. The summed E-state index contributed by atoms with van der Waals surface area (Å²) in [5.74, 6) is 1.16. The Hall–Kier alpha value is -0.610. The first kappa shape index (κ1) is 14.8. The van der Waals surface area contributed by atoms with Crippen molar-refractivity contribution in [2.24, 2.45) is 11.8 Å². The molecule has 0 aromatic rings. The van der Waals surface area contributed by atoms with Gasteiger partial charge in [0.2, 0.25) is 5.91 Å². The third kappa shape index (κ3) is 4.46. The predicted octanol–water partition coefficient (Wildman–Crippen LogP) is 2.12. The fraction of sp³-hybridized carbons (Fsp3) is 0.933. The molecule has 0 spiro atoms. The van der Waals surface area contributed by atoms with E-state index in [9.17, 15) is 4.79 Å². The van der Waals surface area contributed by atoms with Crippen LogP contribution in [-0.4, -0.2) is 37.9 Å². The normalized spacial score (nSPS) is 31.0. The molecule has 0 radical (unpaired) electrons. The van der Waals surface area contributed by atoms with Gasteiger partial charge in [-0.05, 0) is 31.6 Å². The molecule has 2 saturated heterocycles. The van der Waals surface area contributed by atoms with Crippen LogP contribution in [0.4, 0.5) is 0 Å². The number of hydrogen-bond donors (Lipinski definition) is 1. The van der Waals surface area contributed by atoms with Gasteiger partial charge >= 0.3 is 0 Å². The molecule has 2 rings (SSSR count). The maximum atomic E-state index is 11.8. The first-order valence-corrected chi connectivity index (χ1v) is 7.66. The largest absolute Gasteiger partial charge is 0.378 e. The van der Waals surface area contributed by atoms with Crippen LogP contribution in [0.5, 0.6) is 0 Å². The lowest BCUT2D eigenvalue weighted by atomic mass is 9.93. The number of nitrogens with one attached hydrogen (secondary N) is 1. The first-order chi connectivity index (χ1) is 9.16. The standard InChI is InChI=1S/C15H27NO3/c1-11(2)15-12(7-9-19-15)10-16-14(17)6-5-13-4-3-8-18-13/h11-13,15H,3-10H2,1-2H3,(H,16,17)/t12-,13+,15-/m0/s1. The van der Waals surface area contributed by atoms with Gasteiger partial charge in [0.1, 0.15) is 0 Å². The highest BCUT2D eigenvalue weighted by Gasteiger charge is 2.30. The second-order valence-electron chi connectivity index (χ2n) is 6.11. The van der Waals surface area contributed by atoms with Gasteiger partial charge in [0.15, 0.2) is 0 Å². The highest BCUT2D eigenvalue weighted by molar-refractivity contribution is 5.75. The third-order valence-electron chi connectivity index (χ3n) is 4.20. The third-order valence-corrected chi connectivity index (χ3v) is 4.20. The molecule has 0 unspecified atom stereocenters. The molecular formula is C15H27NO3. The number of amides is 1. The van der Waals surface area contributed by atoms with Gasteiger partial charge in [-0.1, -0.05) is 13.8 Å². The molecule has 0 aromatic heterocycles. The zero-order valence-corrected chi connectivity index (χ0v) is 12.2. The number of rotatable bonds is 6. The lowest BCUT2D eigenvalue weighted by Crippen LogP contribution is -2.35. The molecule has 4 nitrogen and oxygen atoms in total. The van der Waals surface area contributed by atoms with Crippen molar-refractivity contribution >= 4 is 5.91 Å². The second kappa shape index (κ2) is 7.25. The maximum Gasteiger partial charge on any atom is 0.220 e. The van der Waals surface area contributed by atoms with Gasteiger partial charge in [-0.2, -0.15) is 0 Å². The molecule has 2 aliphatic rings. The Morgan fingerprint density at radius 1 is 1.26 bits per heavy atom. The van der Waals surface area contributed by atoms with Gasteiger partial charge in [0, 0.05) is 32.1 Å². The van der Waals surface area contributed by atoms with Gasteiger partial charge in [0.05, 0.1) is 12.2 Å². The molecule has 1 amide bonds. The van der Waals surface area contributed by atoms with Crippen molar-refractivity contribution in [3.8, 4) is 0 Å². The summed E-state index contributed by atoms with van der Waals surface area (Å²) in [6.07, 6.45) is 5.38. The van der Waals surface area contributed by atoms with Crippen molar-refractivity contribution in [1.29, 1.82) is 0 Å². The van der Waals surface area contributed by atoms with Gasteiger partial charge in [-0.15, -0.1) is 0 Å². The Kier molecular flexibility index (Phi) is 5.64. The highest BCUT2D eigenvalue weighted by atomic mass is 16.5. The predicted molar refractivity (Wildman–Crippen MR) is 73.9 cm³/mol. The zero-order valence-electron chi connectivity index (χ0n) is 12.2. The summed E-state index contributed by atoms with van der Waals surface area (Å²) >= 11 is 0. The summed E-state index contributed by atoms with van der Waals surface area (Å²) in [6.45, 7) is 6.82. The number of carbonyl (C=O) groups is 1. The van der Waals surface area contributed by atoms with Crippen LogP contribution in [0.3, 0.4) is 0 Å². The lowest BCUT2D eigenvalue weighted by Gasteiger charge is -2.22. The molecular weight excluding hydrogens is 242 g/mol. The fourth-order valence-corrected chi connectivity index (χ4v) is 3.11. The van der Waals surface area contributed by atoms with Crippen LogP contribution in [-0.2, 0) is 14.3 Å². The van der Waals surface area contributed by atoms with E-state index in [1.165, 1.54) is 0 Å². The van der Waals surface area contributed by atoms with E-state index >= 15 is 0 Å². The van der Waals surface area contributed by atoms with Crippen LogP contribution in [0.1, 0.15) is 46.0 Å². The number of hydrogen-bond acceptors (Lipinski definition) is 3. The highest BCUT2D eigenvalue weighted by Crippen LogP contribution is 2.26. The van der Waals surface area contributed by atoms with E-state index < -0.39 is 0 Å². The van der Waals surface area contributed by atoms with E-state index in [0.29, 0.717) is 30.5 Å². The van der Waals surface area contributed by atoms with E-state index in [0.717, 1.165) is 45.4 Å². The quantitative estimate of drug-likeness (QED) is 0.803. The van der Waals surface area contributed by atoms with Gasteiger partial charge in [-0.25, -0.2) is 0 Å². The average molecular weight is 269 g/mol. The topological polar surface area (TPSA) is 47.6 Å². The summed E-state index contributed by atoms with van der Waals surface area (Å²) in [6, 6.07) is 0. The maximum absolute atomic E-state index is 11.8. The summed E-state index contributed by atoms with van der Waals surface area (Å²) in [5, 5.41) is 3.06. The number of carbonyl (C=O) groups excluding carboxylic acids is 1. The van der Waals surface area contributed by atoms with Gasteiger partial charge < -0.3 is 14.8 Å². The smallest absolute Gasteiger partial charge is 0.220 e. The van der Waals surface area contributed by atoms with Crippen molar-refractivity contribution in [3.63, 3.8) is 0 Å². The second-order valence-corrected chi connectivity index (χ2v) is 6.11. The van der Waals surface area contributed by atoms with E-state index in [4.69, 9.17) is 9.47 Å². The Bertz CT molecular complexity index is 287. The first-order valence-electron chi connectivity index (χ1n) is 7.66. The molecule has 2 fully saturated rings. The minimum absolute atomic E-state index is 0.157. The van der Waals surface area contributed by atoms with Crippen molar-refractivity contribution in [2.75, 3.05) is 19.8 Å². The molecule has 2 heterocycles. The molecule has 0 aromatic carbocycles. The molecule has 0 aliphatic carbocycles. The van der Waals surface area contributed by atoms with Crippen LogP contribution in [0.2, 0.25) is 0 Å². The molecule has 3 atom stereocenters. The molecule has 110 valence electrons. The van der Waals surface area contributed by atoms with Crippen LogP contribution in [0.25, 0.3) is 0 Å². The van der Waals surface area contributed by atoms with E-state index in [1.807, 2.05) is 0 Å². The Labute approximate surface area is 116 Å². The Morgan fingerprint density at radius 2 is 2.11 bits per heavy atom. The van der Waals surface area contributed by atoms with Crippen LogP contribution >= 0.6 is 0 Å². The van der Waals surface area contributed by atoms with Crippen LogP contribution in [0, 0.1) is 11.8 Å². The average Bonchev–Trinajstić information content (AvgIpc) is 3.04. The Balaban J connectivity index is 1.62. The van der Waals surface area contributed by atoms with Crippen LogP contribution < -0.4 is 5.32 Å². The van der Waals surface area contributed by atoms with Gasteiger partial charge in [-0.3, -0.25) is 4.79 Å². The van der Waals surface area contributed by atoms with Crippen molar-refractivity contribution < 1.29 is 14.3 Å². The van der Waals surface area contributed by atoms with E-state index in [2.05, 4.69) is 19.2 Å². The zero-order chi connectivity index (χ0) is 13.7. The summed E-state index contributed by atoms with van der Waals surface area (Å²) in [4.78, 5) is 11.8. The van der Waals surface area contributed by atoms with E-state index in [1.54, 1.807) is 0 Å².